The first kappa shape index (κ1) is 71.9. The summed E-state index contributed by atoms with van der Waals surface area (Å²) in [5.74, 6) is -0.853. The number of allylic oxidation sites excluding steroid dienone is 4. The van der Waals surface area contributed by atoms with Gasteiger partial charge in [0.15, 0.2) is 6.10 Å². The molecule has 436 valence electrons. The lowest BCUT2D eigenvalue weighted by molar-refractivity contribution is -0.167. The summed E-state index contributed by atoms with van der Waals surface area (Å²) in [6, 6.07) is 0. The van der Waals surface area contributed by atoms with E-state index >= 15 is 0 Å². The van der Waals surface area contributed by atoms with Gasteiger partial charge < -0.3 is 14.2 Å². The van der Waals surface area contributed by atoms with Crippen molar-refractivity contribution in [2.75, 3.05) is 13.2 Å². The maximum atomic E-state index is 12.8. The molecular formula is C68H128O6. The lowest BCUT2D eigenvalue weighted by Crippen LogP contribution is -2.30. The van der Waals surface area contributed by atoms with Crippen LogP contribution in [0.5, 0.6) is 0 Å². The highest BCUT2D eigenvalue weighted by atomic mass is 16.6. The molecule has 0 bridgehead atoms. The van der Waals surface area contributed by atoms with Gasteiger partial charge in [0.1, 0.15) is 13.2 Å². The molecule has 1 atom stereocenters. The smallest absolute Gasteiger partial charge is 0.306 e. The first-order chi connectivity index (χ1) is 36.5. The zero-order valence-corrected chi connectivity index (χ0v) is 50.1. The number of hydrogen-bond donors (Lipinski definition) is 0. The van der Waals surface area contributed by atoms with E-state index in [4.69, 9.17) is 14.2 Å². The summed E-state index contributed by atoms with van der Waals surface area (Å²) in [5.41, 5.74) is 0. The third-order valence-corrected chi connectivity index (χ3v) is 15.2. The SMILES string of the molecule is CCCCCCC/C=C\C/C=C\CCCCCCCCCCCCCCCCCCCCCCCC(=O)OCC(COC(=O)CCCCCCC)OC(=O)CCCCCCCCCCCCCCCCCCCC. The molecule has 0 aromatic heterocycles. The second kappa shape index (κ2) is 63.4. The number of esters is 3. The molecule has 0 aromatic rings. The summed E-state index contributed by atoms with van der Waals surface area (Å²) in [6.45, 7) is 6.61. The van der Waals surface area contributed by atoms with Gasteiger partial charge in [-0.25, -0.2) is 0 Å². The van der Waals surface area contributed by atoms with Crippen molar-refractivity contribution in [1.29, 1.82) is 0 Å². The summed E-state index contributed by atoms with van der Waals surface area (Å²) in [5, 5.41) is 0. The highest BCUT2D eigenvalue weighted by molar-refractivity contribution is 5.71. The number of hydrogen-bond acceptors (Lipinski definition) is 6. The number of ether oxygens (including phenoxy) is 3. The van der Waals surface area contributed by atoms with Crippen molar-refractivity contribution >= 4 is 17.9 Å². The van der Waals surface area contributed by atoms with Crippen LogP contribution >= 0.6 is 0 Å². The van der Waals surface area contributed by atoms with Gasteiger partial charge in [0.2, 0.25) is 0 Å². The van der Waals surface area contributed by atoms with Crippen molar-refractivity contribution in [1.82, 2.24) is 0 Å². The predicted molar refractivity (Wildman–Crippen MR) is 321 cm³/mol. The van der Waals surface area contributed by atoms with Gasteiger partial charge in [0, 0.05) is 19.3 Å². The van der Waals surface area contributed by atoms with Crippen molar-refractivity contribution in [2.24, 2.45) is 0 Å². The van der Waals surface area contributed by atoms with E-state index in [1.807, 2.05) is 0 Å². The van der Waals surface area contributed by atoms with Crippen LogP contribution in [0.4, 0.5) is 0 Å². The van der Waals surface area contributed by atoms with E-state index < -0.39 is 6.10 Å². The van der Waals surface area contributed by atoms with Gasteiger partial charge in [-0.1, -0.05) is 328 Å². The number of carbonyl (C=O) groups is 3. The molecule has 6 heteroatoms. The minimum atomic E-state index is -0.762. The molecule has 6 nitrogen and oxygen atoms in total. The van der Waals surface area contributed by atoms with Crippen LogP contribution in [-0.2, 0) is 28.6 Å². The molecule has 0 aliphatic rings. The molecule has 0 rings (SSSR count). The van der Waals surface area contributed by atoms with Gasteiger partial charge in [-0.05, 0) is 51.4 Å². The van der Waals surface area contributed by atoms with Crippen LogP contribution in [0.25, 0.3) is 0 Å². The van der Waals surface area contributed by atoms with Crippen LogP contribution in [0.1, 0.15) is 374 Å². The third-order valence-electron chi connectivity index (χ3n) is 15.2. The molecule has 0 aliphatic heterocycles. The number of unbranched alkanes of at least 4 members (excludes halogenated alkanes) is 47. The van der Waals surface area contributed by atoms with E-state index in [1.165, 1.54) is 263 Å². The van der Waals surface area contributed by atoms with Crippen molar-refractivity contribution in [2.45, 2.75) is 380 Å². The van der Waals surface area contributed by atoms with Crippen LogP contribution < -0.4 is 0 Å². The molecule has 0 heterocycles. The lowest BCUT2D eigenvalue weighted by Gasteiger charge is -2.18. The third kappa shape index (κ3) is 60.8. The Morgan fingerprint density at radius 3 is 0.743 bits per heavy atom. The van der Waals surface area contributed by atoms with Crippen molar-refractivity contribution < 1.29 is 28.6 Å². The summed E-state index contributed by atoms with van der Waals surface area (Å²) in [7, 11) is 0. The highest BCUT2D eigenvalue weighted by Crippen LogP contribution is 2.18. The summed E-state index contributed by atoms with van der Waals surface area (Å²) >= 11 is 0. The number of carbonyl (C=O) groups excluding carboxylic acids is 3. The normalized spacial score (nSPS) is 12.1. The molecule has 0 N–H and O–H groups in total. The van der Waals surface area contributed by atoms with Gasteiger partial charge in [0.25, 0.3) is 0 Å². The van der Waals surface area contributed by atoms with E-state index in [-0.39, 0.29) is 31.1 Å². The largest absolute Gasteiger partial charge is 0.462 e. The Kier molecular flexibility index (Phi) is 61.6. The minimum absolute atomic E-state index is 0.0648. The molecule has 0 fully saturated rings. The Labute approximate surface area is 462 Å². The number of rotatable bonds is 62. The average Bonchev–Trinajstić information content (AvgIpc) is 3.40. The monoisotopic (exact) mass is 1040 g/mol. The average molecular weight is 1040 g/mol. The molecule has 1 unspecified atom stereocenters. The van der Waals surface area contributed by atoms with Crippen LogP contribution in [0.15, 0.2) is 24.3 Å². The molecule has 0 saturated carbocycles. The second-order valence-electron chi connectivity index (χ2n) is 22.7. The van der Waals surface area contributed by atoms with Crippen molar-refractivity contribution in [3.63, 3.8) is 0 Å². The first-order valence-electron chi connectivity index (χ1n) is 33.3. The standard InChI is InChI=1S/C68H128O6/c1-4-7-10-13-15-17-19-21-23-25-27-28-29-30-31-32-33-34-35-36-37-38-39-40-41-43-44-46-48-50-52-55-58-61-67(70)73-64-65(63-72-66(69)60-57-54-12-9-6-3)74-68(71)62-59-56-53-51-49-47-45-42-26-24-22-20-18-16-14-11-8-5-2/h19,21,25,27,65H,4-18,20,22-24,26,28-64H2,1-3H3/b21-19-,27-25-. The first-order valence-corrected chi connectivity index (χ1v) is 33.3. The molecule has 0 aromatic carbocycles. The Balaban J connectivity index is 3.88. The Bertz CT molecular complexity index is 1190. The summed E-state index contributed by atoms with van der Waals surface area (Å²) in [6.07, 6.45) is 76.9. The Hall–Kier alpha value is -2.11. The van der Waals surface area contributed by atoms with E-state index in [0.29, 0.717) is 19.3 Å². The van der Waals surface area contributed by atoms with E-state index in [2.05, 4.69) is 45.1 Å². The molecule has 74 heavy (non-hydrogen) atoms. The second-order valence-corrected chi connectivity index (χ2v) is 22.7. The molecule has 0 saturated heterocycles. The summed E-state index contributed by atoms with van der Waals surface area (Å²) < 4.78 is 16.8. The highest BCUT2D eigenvalue weighted by Gasteiger charge is 2.19. The van der Waals surface area contributed by atoms with Gasteiger partial charge in [0.05, 0.1) is 0 Å². The summed E-state index contributed by atoms with van der Waals surface area (Å²) in [4.78, 5) is 37.9. The van der Waals surface area contributed by atoms with Gasteiger partial charge in [-0.15, -0.1) is 0 Å². The molecule has 0 aliphatic carbocycles. The lowest BCUT2D eigenvalue weighted by atomic mass is 10.0. The van der Waals surface area contributed by atoms with Crippen LogP contribution in [0, 0.1) is 0 Å². The van der Waals surface area contributed by atoms with Gasteiger partial charge in [-0.3, -0.25) is 14.4 Å². The fourth-order valence-electron chi connectivity index (χ4n) is 10.2. The van der Waals surface area contributed by atoms with E-state index in [9.17, 15) is 14.4 Å². The molecular weight excluding hydrogens is 913 g/mol. The van der Waals surface area contributed by atoms with E-state index in [1.54, 1.807) is 0 Å². The fraction of sp³-hybridized carbons (Fsp3) is 0.897. The molecule has 0 spiro atoms. The maximum absolute atomic E-state index is 12.8. The van der Waals surface area contributed by atoms with Crippen LogP contribution in [-0.4, -0.2) is 37.2 Å². The van der Waals surface area contributed by atoms with Crippen LogP contribution in [0.3, 0.4) is 0 Å². The van der Waals surface area contributed by atoms with Crippen LogP contribution in [0.2, 0.25) is 0 Å². The Morgan fingerprint density at radius 2 is 0.486 bits per heavy atom. The maximum Gasteiger partial charge on any atom is 0.306 e. The zero-order valence-electron chi connectivity index (χ0n) is 50.1. The quantitative estimate of drug-likeness (QED) is 0.0261. The van der Waals surface area contributed by atoms with Gasteiger partial charge >= 0.3 is 17.9 Å². The van der Waals surface area contributed by atoms with E-state index in [0.717, 1.165) is 70.6 Å². The van der Waals surface area contributed by atoms with Crippen molar-refractivity contribution in [3.05, 3.63) is 24.3 Å². The molecule has 0 amide bonds. The Morgan fingerprint density at radius 1 is 0.270 bits per heavy atom. The minimum Gasteiger partial charge on any atom is -0.462 e. The molecule has 0 radical (unpaired) electrons. The van der Waals surface area contributed by atoms with Gasteiger partial charge in [-0.2, -0.15) is 0 Å². The predicted octanol–water partition coefficient (Wildman–Crippen LogP) is 22.6. The zero-order chi connectivity index (χ0) is 53.6. The topological polar surface area (TPSA) is 78.9 Å². The fourth-order valence-corrected chi connectivity index (χ4v) is 10.2. The van der Waals surface area contributed by atoms with Crippen molar-refractivity contribution in [3.8, 4) is 0 Å².